The summed E-state index contributed by atoms with van der Waals surface area (Å²) < 4.78 is 39.2. The number of alkyl halides is 3. The summed E-state index contributed by atoms with van der Waals surface area (Å²) in [4.78, 5) is 39.8. The first-order chi connectivity index (χ1) is 14.0. The molecule has 0 saturated carbocycles. The van der Waals surface area contributed by atoms with Gasteiger partial charge >= 0.3 is 6.18 Å². The van der Waals surface area contributed by atoms with E-state index >= 15 is 0 Å². The van der Waals surface area contributed by atoms with Crippen LogP contribution < -0.4 is 10.6 Å². The van der Waals surface area contributed by atoms with Crippen molar-refractivity contribution in [2.24, 2.45) is 5.92 Å². The van der Waals surface area contributed by atoms with Crippen LogP contribution in [0.1, 0.15) is 25.3 Å². The van der Waals surface area contributed by atoms with E-state index in [1.165, 1.54) is 30.1 Å². The highest BCUT2D eigenvalue weighted by Gasteiger charge is 2.34. The molecule has 7 nitrogen and oxygen atoms in total. The first-order valence-electron chi connectivity index (χ1n) is 9.71. The van der Waals surface area contributed by atoms with Crippen LogP contribution in [-0.4, -0.2) is 67.3 Å². The predicted octanol–water partition coefficient (Wildman–Crippen LogP) is 1.95. The Hall–Kier alpha value is -2.62. The molecule has 1 atom stereocenters. The molecule has 10 heteroatoms. The maximum absolute atomic E-state index is 13.1. The minimum atomic E-state index is -4.60. The Morgan fingerprint density at radius 3 is 2.37 bits per heavy atom. The summed E-state index contributed by atoms with van der Waals surface area (Å²) >= 11 is 0. The van der Waals surface area contributed by atoms with Crippen LogP contribution in [0.4, 0.5) is 18.9 Å². The van der Waals surface area contributed by atoms with Crippen LogP contribution in [0.25, 0.3) is 0 Å². The Morgan fingerprint density at radius 1 is 1.20 bits per heavy atom. The molecule has 0 bridgehead atoms. The van der Waals surface area contributed by atoms with Crippen LogP contribution in [0.15, 0.2) is 24.3 Å². The second-order valence-electron chi connectivity index (χ2n) is 7.39. The molecule has 1 aromatic carbocycles. The lowest BCUT2D eigenvalue weighted by Gasteiger charge is -2.36. The number of piperidine rings is 1. The topological polar surface area (TPSA) is 81.8 Å². The number of benzene rings is 1. The third kappa shape index (κ3) is 5.94. The zero-order valence-electron chi connectivity index (χ0n) is 17.3. The number of carbonyl (C=O) groups is 3. The lowest BCUT2D eigenvalue weighted by Crippen LogP contribution is -2.51. The van der Waals surface area contributed by atoms with Crippen LogP contribution in [0.5, 0.6) is 0 Å². The fraction of sp³-hybridized carbons (Fsp3) is 0.550. The highest BCUT2D eigenvalue weighted by molar-refractivity contribution is 5.95. The van der Waals surface area contributed by atoms with Gasteiger partial charge in [-0.1, -0.05) is 12.1 Å². The Kier molecular flexibility index (Phi) is 7.83. The average molecular weight is 428 g/mol. The number of amides is 3. The molecular formula is C20H27F3N4O3. The van der Waals surface area contributed by atoms with Crippen molar-refractivity contribution in [1.29, 1.82) is 0 Å². The Bertz CT molecular complexity index is 777. The molecule has 1 fully saturated rings. The molecule has 0 spiro atoms. The van der Waals surface area contributed by atoms with Gasteiger partial charge in [0.15, 0.2) is 0 Å². The van der Waals surface area contributed by atoms with Crippen LogP contribution >= 0.6 is 0 Å². The van der Waals surface area contributed by atoms with E-state index in [2.05, 4.69) is 10.6 Å². The quantitative estimate of drug-likeness (QED) is 0.726. The number of carbonyl (C=O) groups excluding carboxylic acids is 3. The maximum atomic E-state index is 13.1. The van der Waals surface area contributed by atoms with E-state index in [1.807, 2.05) is 4.90 Å². The van der Waals surface area contributed by atoms with E-state index in [1.54, 1.807) is 14.0 Å². The molecule has 30 heavy (non-hydrogen) atoms. The normalized spacial score (nSPS) is 16.6. The van der Waals surface area contributed by atoms with Gasteiger partial charge < -0.3 is 15.5 Å². The van der Waals surface area contributed by atoms with E-state index in [-0.39, 0.29) is 30.0 Å². The van der Waals surface area contributed by atoms with Crippen LogP contribution in [0.3, 0.4) is 0 Å². The molecule has 0 aromatic heterocycles. The summed E-state index contributed by atoms with van der Waals surface area (Å²) in [6, 6.07) is 4.18. The van der Waals surface area contributed by atoms with Crippen molar-refractivity contribution < 1.29 is 27.6 Å². The van der Waals surface area contributed by atoms with Crippen molar-refractivity contribution in [2.75, 3.05) is 39.0 Å². The van der Waals surface area contributed by atoms with Gasteiger partial charge in [0.05, 0.1) is 23.8 Å². The number of hydrogen-bond donors (Lipinski definition) is 2. The largest absolute Gasteiger partial charge is 0.418 e. The maximum Gasteiger partial charge on any atom is 0.418 e. The molecule has 1 aliphatic heterocycles. The lowest BCUT2D eigenvalue weighted by atomic mass is 9.95. The van der Waals surface area contributed by atoms with Gasteiger partial charge in [0.25, 0.3) is 0 Å². The zero-order valence-corrected chi connectivity index (χ0v) is 17.3. The molecule has 0 radical (unpaired) electrons. The highest BCUT2D eigenvalue weighted by atomic mass is 19.4. The third-order valence-electron chi connectivity index (χ3n) is 5.32. The average Bonchev–Trinajstić information content (AvgIpc) is 2.71. The van der Waals surface area contributed by atoms with Crippen LogP contribution in [-0.2, 0) is 20.6 Å². The Balaban J connectivity index is 1.91. The van der Waals surface area contributed by atoms with Gasteiger partial charge in [0.2, 0.25) is 17.7 Å². The first kappa shape index (κ1) is 23.7. The number of likely N-dealkylation sites (tertiary alicyclic amines) is 1. The Labute approximate surface area is 173 Å². The third-order valence-corrected chi connectivity index (χ3v) is 5.32. The van der Waals surface area contributed by atoms with Gasteiger partial charge in [-0.25, -0.2) is 0 Å². The molecule has 2 rings (SSSR count). The van der Waals surface area contributed by atoms with Crippen molar-refractivity contribution >= 4 is 23.4 Å². The number of nitrogens with zero attached hydrogens (tertiary/aromatic N) is 2. The van der Waals surface area contributed by atoms with Gasteiger partial charge in [0, 0.05) is 20.0 Å². The number of para-hydroxylation sites is 1. The summed E-state index contributed by atoms with van der Waals surface area (Å²) in [6.07, 6.45) is -3.33. The molecule has 166 valence electrons. The van der Waals surface area contributed by atoms with Gasteiger partial charge in [-0.05, 0) is 45.0 Å². The van der Waals surface area contributed by atoms with Crippen molar-refractivity contribution in [1.82, 2.24) is 15.1 Å². The fourth-order valence-electron chi connectivity index (χ4n) is 3.55. The summed E-state index contributed by atoms with van der Waals surface area (Å²) in [5.41, 5.74) is -1.29. The van der Waals surface area contributed by atoms with Crippen LogP contribution in [0.2, 0.25) is 0 Å². The molecule has 3 amide bonds. The van der Waals surface area contributed by atoms with Gasteiger partial charge in [0.1, 0.15) is 0 Å². The smallest absolute Gasteiger partial charge is 0.359 e. The molecule has 1 aliphatic rings. The van der Waals surface area contributed by atoms with Gasteiger partial charge in [-0.2, -0.15) is 13.2 Å². The van der Waals surface area contributed by atoms with Gasteiger partial charge in [-0.3, -0.25) is 19.3 Å². The molecule has 2 N–H and O–H groups in total. The predicted molar refractivity (Wildman–Crippen MR) is 106 cm³/mol. The highest BCUT2D eigenvalue weighted by Crippen LogP contribution is 2.34. The second-order valence-corrected chi connectivity index (χ2v) is 7.39. The zero-order chi connectivity index (χ0) is 22.5. The van der Waals surface area contributed by atoms with Gasteiger partial charge in [-0.15, -0.1) is 0 Å². The summed E-state index contributed by atoms with van der Waals surface area (Å²) in [6.45, 7) is 2.49. The van der Waals surface area contributed by atoms with Crippen molar-refractivity contribution in [2.45, 2.75) is 32.0 Å². The van der Waals surface area contributed by atoms with E-state index in [0.717, 1.165) is 6.07 Å². The first-order valence-corrected chi connectivity index (χ1v) is 9.71. The summed E-state index contributed by atoms with van der Waals surface area (Å²) in [7, 11) is 3.03. The van der Waals surface area contributed by atoms with E-state index < -0.39 is 23.7 Å². The Morgan fingerprint density at radius 2 is 1.80 bits per heavy atom. The molecule has 1 aromatic rings. The molecular weight excluding hydrogens is 401 g/mol. The summed E-state index contributed by atoms with van der Waals surface area (Å²) in [5.74, 6) is -1.12. The molecule has 0 aliphatic carbocycles. The number of halogens is 3. The van der Waals surface area contributed by atoms with Crippen LogP contribution in [0, 0.1) is 5.92 Å². The number of anilines is 1. The fourth-order valence-corrected chi connectivity index (χ4v) is 3.55. The number of rotatable bonds is 6. The SMILES string of the molecule is CNC(=O)C1CCN(C(C)C(=O)N(C)CC(=O)Nc2ccccc2C(F)(F)F)CC1. The number of nitrogens with one attached hydrogen (secondary N) is 2. The molecule has 1 saturated heterocycles. The number of hydrogen-bond acceptors (Lipinski definition) is 4. The van der Waals surface area contributed by atoms with Crippen molar-refractivity contribution in [3.05, 3.63) is 29.8 Å². The monoisotopic (exact) mass is 428 g/mol. The molecule has 1 unspecified atom stereocenters. The van der Waals surface area contributed by atoms with Crippen molar-refractivity contribution in [3.8, 4) is 0 Å². The van der Waals surface area contributed by atoms with Crippen molar-refractivity contribution in [3.63, 3.8) is 0 Å². The van der Waals surface area contributed by atoms with E-state index in [4.69, 9.17) is 0 Å². The second kappa shape index (κ2) is 9.92. The summed E-state index contributed by atoms with van der Waals surface area (Å²) in [5, 5.41) is 4.86. The minimum Gasteiger partial charge on any atom is -0.359 e. The lowest BCUT2D eigenvalue weighted by molar-refractivity contribution is -0.139. The number of likely N-dealkylation sites (N-methyl/N-ethyl adjacent to an activating group) is 1. The van der Waals surface area contributed by atoms with E-state index in [0.29, 0.717) is 25.9 Å². The standard InChI is InChI=1S/C20H27F3N4O3/c1-13(27-10-8-14(9-11-27)18(29)24-2)19(30)26(3)12-17(28)25-16-7-5-4-6-15(16)20(21,22)23/h4-7,13-14H,8-12H2,1-3H3,(H,24,29)(H,25,28). The molecule has 1 heterocycles. The van der Waals surface area contributed by atoms with E-state index in [9.17, 15) is 27.6 Å². The minimum absolute atomic E-state index is 0.0124.